The van der Waals surface area contributed by atoms with Crippen LogP contribution in [0.4, 0.5) is 5.69 Å². The van der Waals surface area contributed by atoms with Gasteiger partial charge in [0.2, 0.25) is 10.0 Å². The molecule has 2 heterocycles. The third-order valence-corrected chi connectivity index (χ3v) is 11.2. The summed E-state index contributed by atoms with van der Waals surface area (Å²) in [5, 5.41) is 0.757. The maximum Gasteiger partial charge on any atom is 0.264 e. The number of benzene rings is 2. The van der Waals surface area contributed by atoms with Crippen molar-refractivity contribution in [2.75, 3.05) is 37.5 Å². The van der Waals surface area contributed by atoms with Gasteiger partial charge in [-0.15, -0.1) is 0 Å². The van der Waals surface area contributed by atoms with Gasteiger partial charge < -0.3 is 14.4 Å². The Balaban J connectivity index is 1.41. The number of anilines is 1. The van der Waals surface area contributed by atoms with Gasteiger partial charge in [-0.25, -0.2) is 13.1 Å². The van der Waals surface area contributed by atoms with E-state index >= 15 is 0 Å². The summed E-state index contributed by atoms with van der Waals surface area (Å²) < 4.78 is 40.2. The lowest BCUT2D eigenvalue weighted by molar-refractivity contribution is -0.0220. The predicted molar refractivity (Wildman–Crippen MR) is 157 cm³/mol. The third kappa shape index (κ3) is 5.47. The fourth-order valence-corrected chi connectivity index (χ4v) is 8.70. The Morgan fingerprint density at radius 3 is 2.75 bits per heavy atom. The van der Waals surface area contributed by atoms with E-state index in [0.717, 1.165) is 80.9 Å². The van der Waals surface area contributed by atoms with Crippen molar-refractivity contribution in [3.63, 3.8) is 0 Å². The number of amides is 1. The molecule has 2 aromatic carbocycles. The monoisotopic (exact) mass is 586 g/mol. The van der Waals surface area contributed by atoms with Gasteiger partial charge in [-0.05, 0) is 98.2 Å². The van der Waals surface area contributed by atoms with Crippen LogP contribution in [0.25, 0.3) is 0 Å². The molecule has 1 amide bonds. The summed E-state index contributed by atoms with van der Waals surface area (Å²) in [6, 6.07) is 11.6. The average Bonchev–Trinajstić information content (AvgIpc) is 3.06. The van der Waals surface area contributed by atoms with E-state index in [9.17, 15) is 13.2 Å². The molecule has 4 aliphatic rings. The molecule has 1 spiro atoms. The van der Waals surface area contributed by atoms with Crippen LogP contribution in [-0.2, 0) is 26.6 Å². The average molecular weight is 587 g/mol. The van der Waals surface area contributed by atoms with E-state index in [1.54, 1.807) is 13.2 Å². The summed E-state index contributed by atoms with van der Waals surface area (Å²) in [6.45, 7) is 2.15. The quantitative estimate of drug-likeness (QED) is 0.476. The molecule has 0 saturated heterocycles. The van der Waals surface area contributed by atoms with Crippen molar-refractivity contribution in [1.29, 1.82) is 0 Å². The molecule has 2 bridgehead atoms. The Hall–Kier alpha value is -2.29. The van der Waals surface area contributed by atoms with Crippen LogP contribution >= 0.6 is 11.6 Å². The lowest BCUT2D eigenvalue weighted by Crippen LogP contribution is -2.49. The van der Waals surface area contributed by atoms with Gasteiger partial charge in [-0.1, -0.05) is 30.5 Å². The highest BCUT2D eigenvalue weighted by Gasteiger charge is 2.44. The molecule has 0 radical (unpaired) electrons. The van der Waals surface area contributed by atoms with Gasteiger partial charge in [0.05, 0.1) is 24.2 Å². The summed E-state index contributed by atoms with van der Waals surface area (Å²) in [7, 11) is -1.92. The maximum atomic E-state index is 13.1. The van der Waals surface area contributed by atoms with Crippen molar-refractivity contribution < 1.29 is 22.7 Å². The van der Waals surface area contributed by atoms with Gasteiger partial charge in [-0.2, -0.15) is 0 Å². The van der Waals surface area contributed by atoms with E-state index in [4.69, 9.17) is 21.1 Å². The second-order valence-corrected chi connectivity index (χ2v) is 14.4. The SMILES string of the molecule is CO[C@@H]1CCCCCS(=O)(=O)NC(=O)c2ccc3c(c2)N(C[C@@H]2CC[C@H]21)C[C@@]1(CCCc2cc(Cl)ccc21)CO3. The molecule has 216 valence electrons. The van der Waals surface area contributed by atoms with Crippen molar-refractivity contribution in [2.45, 2.75) is 69.3 Å². The molecule has 1 N–H and O–H groups in total. The number of fused-ring (bicyclic) bond motifs is 4. The van der Waals surface area contributed by atoms with Crippen LogP contribution < -0.4 is 14.4 Å². The Labute approximate surface area is 242 Å². The molecular weight excluding hydrogens is 548 g/mol. The molecule has 4 atom stereocenters. The summed E-state index contributed by atoms with van der Waals surface area (Å²) in [6.07, 6.45) is 8.68. The van der Waals surface area contributed by atoms with E-state index in [0.29, 0.717) is 30.4 Å². The molecule has 7 nitrogen and oxygen atoms in total. The van der Waals surface area contributed by atoms with E-state index < -0.39 is 15.9 Å². The predicted octanol–water partition coefficient (Wildman–Crippen LogP) is 5.49. The Bertz CT molecular complexity index is 1380. The second kappa shape index (κ2) is 11.2. The van der Waals surface area contributed by atoms with Gasteiger partial charge in [0.25, 0.3) is 5.91 Å². The topological polar surface area (TPSA) is 84.9 Å². The highest BCUT2D eigenvalue weighted by Crippen LogP contribution is 2.47. The van der Waals surface area contributed by atoms with Crippen LogP contribution in [0.2, 0.25) is 5.02 Å². The van der Waals surface area contributed by atoms with Crippen molar-refractivity contribution in [3.8, 4) is 5.75 Å². The van der Waals surface area contributed by atoms with Crippen molar-refractivity contribution in [2.24, 2.45) is 11.8 Å². The molecule has 40 heavy (non-hydrogen) atoms. The number of rotatable bonds is 1. The fourth-order valence-electron chi connectivity index (χ4n) is 7.42. The number of sulfonamides is 1. The van der Waals surface area contributed by atoms with Crippen LogP contribution in [0.1, 0.15) is 72.9 Å². The maximum absolute atomic E-state index is 13.1. The number of hydrogen-bond acceptors (Lipinski definition) is 6. The van der Waals surface area contributed by atoms with E-state index in [-0.39, 0.29) is 17.3 Å². The molecular formula is C31H39ClN2O5S. The second-order valence-electron chi connectivity index (χ2n) is 12.2. The number of aryl methyl sites for hydroxylation is 1. The highest BCUT2D eigenvalue weighted by atomic mass is 35.5. The summed E-state index contributed by atoms with van der Waals surface area (Å²) in [5.74, 6) is 1.03. The normalized spacial score (nSPS) is 30.2. The molecule has 2 aliphatic heterocycles. The standard InChI is InChI=1S/C31H39ClN2O5S/c1-38-28-7-3-2-4-15-40(36,37)33-30(35)22-9-13-29-27(17-22)34(18-23-8-11-25(23)28)19-31(20-39-29)14-5-6-21-16-24(32)10-12-26(21)31/h9-10,12-13,16-17,23,25,28H,2-8,11,14-15,18-20H2,1H3,(H,33,35)/t23-,25+,28+,31-/m0/s1. The Kier molecular flexibility index (Phi) is 7.79. The summed E-state index contributed by atoms with van der Waals surface area (Å²) >= 11 is 6.39. The molecule has 1 saturated carbocycles. The molecule has 2 aromatic rings. The largest absolute Gasteiger partial charge is 0.490 e. The molecule has 6 rings (SSSR count). The lowest BCUT2D eigenvalue weighted by atomic mass is 9.68. The molecule has 2 aliphatic carbocycles. The number of nitrogens with zero attached hydrogens (tertiary/aromatic N) is 1. The van der Waals surface area contributed by atoms with Crippen LogP contribution in [0.15, 0.2) is 36.4 Å². The number of methoxy groups -OCH3 is 1. The van der Waals surface area contributed by atoms with Gasteiger partial charge in [-0.3, -0.25) is 4.79 Å². The van der Waals surface area contributed by atoms with Crippen LogP contribution in [0, 0.1) is 11.8 Å². The van der Waals surface area contributed by atoms with Crippen LogP contribution in [0.3, 0.4) is 0 Å². The zero-order chi connectivity index (χ0) is 27.9. The number of hydrogen-bond donors (Lipinski definition) is 1. The molecule has 0 unspecified atom stereocenters. The Morgan fingerprint density at radius 1 is 1.07 bits per heavy atom. The van der Waals surface area contributed by atoms with E-state index in [2.05, 4.69) is 21.8 Å². The zero-order valence-corrected chi connectivity index (χ0v) is 24.7. The minimum atomic E-state index is -3.72. The van der Waals surface area contributed by atoms with E-state index in [1.807, 2.05) is 18.2 Å². The first-order valence-corrected chi connectivity index (χ1v) is 16.7. The van der Waals surface area contributed by atoms with Crippen LogP contribution in [-0.4, -0.2) is 53.0 Å². The van der Waals surface area contributed by atoms with Gasteiger partial charge in [0.15, 0.2) is 0 Å². The molecule has 9 heteroatoms. The van der Waals surface area contributed by atoms with Gasteiger partial charge in [0, 0.05) is 36.2 Å². The van der Waals surface area contributed by atoms with E-state index in [1.165, 1.54) is 11.1 Å². The van der Waals surface area contributed by atoms with Gasteiger partial charge >= 0.3 is 0 Å². The van der Waals surface area contributed by atoms with Crippen molar-refractivity contribution >= 4 is 33.2 Å². The minimum absolute atomic E-state index is 0.0609. The first-order valence-electron chi connectivity index (χ1n) is 14.7. The number of nitrogens with one attached hydrogen (secondary N) is 1. The number of carbonyl (C=O) groups is 1. The van der Waals surface area contributed by atoms with Gasteiger partial charge in [0.1, 0.15) is 5.75 Å². The zero-order valence-electron chi connectivity index (χ0n) is 23.2. The fraction of sp³-hybridized carbons (Fsp3) is 0.581. The van der Waals surface area contributed by atoms with Crippen molar-refractivity contribution in [3.05, 3.63) is 58.1 Å². The lowest BCUT2D eigenvalue weighted by Gasteiger charge is -2.46. The minimum Gasteiger partial charge on any atom is -0.490 e. The van der Waals surface area contributed by atoms with Crippen molar-refractivity contribution in [1.82, 2.24) is 4.72 Å². The molecule has 0 aromatic heterocycles. The van der Waals surface area contributed by atoms with Crippen LogP contribution in [0.5, 0.6) is 5.75 Å². The summed E-state index contributed by atoms with van der Waals surface area (Å²) in [5.41, 5.74) is 3.56. The number of ether oxygens (including phenoxy) is 2. The smallest absolute Gasteiger partial charge is 0.264 e. The molecule has 1 fully saturated rings. The summed E-state index contributed by atoms with van der Waals surface area (Å²) in [4.78, 5) is 15.5. The first-order chi connectivity index (χ1) is 19.3. The Morgan fingerprint density at radius 2 is 1.95 bits per heavy atom. The highest BCUT2D eigenvalue weighted by molar-refractivity contribution is 7.90. The number of carbonyl (C=O) groups excluding carboxylic acids is 1. The third-order valence-electron chi connectivity index (χ3n) is 9.66. The number of halogens is 1. The first kappa shape index (κ1) is 27.9.